The van der Waals surface area contributed by atoms with Crippen LogP contribution in [0.15, 0.2) is 36.4 Å². The Morgan fingerprint density at radius 2 is 1.90 bits per heavy atom. The van der Waals surface area contributed by atoms with Gasteiger partial charge in [-0.2, -0.15) is 0 Å². The molecule has 0 amide bonds. The van der Waals surface area contributed by atoms with Gasteiger partial charge < -0.3 is 0 Å². The summed E-state index contributed by atoms with van der Waals surface area (Å²) in [4.78, 5) is 8.69. The molecule has 20 heavy (non-hydrogen) atoms. The largest absolute Gasteiger partial charge is 0.232 e. The molecule has 2 aromatic rings. The number of sulfone groups is 1. The maximum Gasteiger partial charge on any atom is 0.151 e. The predicted molar refractivity (Wildman–Crippen MR) is 78.5 cm³/mol. The maximum atomic E-state index is 11.6. The summed E-state index contributed by atoms with van der Waals surface area (Å²) in [7, 11) is -2.96. The van der Waals surface area contributed by atoms with Crippen molar-refractivity contribution in [3.63, 3.8) is 0 Å². The molecule has 1 aromatic carbocycles. The Labute approximate surface area is 122 Å². The normalized spacial score (nSPS) is 20.9. The van der Waals surface area contributed by atoms with Crippen LogP contribution < -0.4 is 0 Å². The second kappa shape index (κ2) is 5.14. The van der Waals surface area contributed by atoms with Crippen molar-refractivity contribution in [1.82, 2.24) is 9.97 Å². The van der Waals surface area contributed by atoms with Crippen LogP contribution in [0.5, 0.6) is 0 Å². The van der Waals surface area contributed by atoms with Gasteiger partial charge in [-0.1, -0.05) is 41.9 Å². The highest BCUT2D eigenvalue weighted by atomic mass is 35.5. The van der Waals surface area contributed by atoms with Gasteiger partial charge in [-0.05, 0) is 6.42 Å². The quantitative estimate of drug-likeness (QED) is 0.800. The number of halogens is 1. The average molecular weight is 309 g/mol. The fourth-order valence-electron chi connectivity index (χ4n) is 2.37. The Morgan fingerprint density at radius 3 is 2.55 bits per heavy atom. The minimum Gasteiger partial charge on any atom is -0.232 e. The summed E-state index contributed by atoms with van der Waals surface area (Å²) >= 11 is 6.05. The topological polar surface area (TPSA) is 59.9 Å². The Bertz CT molecular complexity index is 732. The van der Waals surface area contributed by atoms with Gasteiger partial charge in [-0.3, -0.25) is 0 Å². The third-order valence-corrected chi connectivity index (χ3v) is 5.34. The second-order valence-corrected chi connectivity index (χ2v) is 7.52. The Balaban J connectivity index is 2.00. The van der Waals surface area contributed by atoms with Gasteiger partial charge in [0.25, 0.3) is 0 Å². The van der Waals surface area contributed by atoms with Crippen LogP contribution in [0.1, 0.15) is 18.2 Å². The minimum atomic E-state index is -2.96. The van der Waals surface area contributed by atoms with Crippen LogP contribution in [-0.2, 0) is 9.84 Å². The maximum absolute atomic E-state index is 11.6. The van der Waals surface area contributed by atoms with Gasteiger partial charge in [0.1, 0.15) is 11.0 Å². The first-order chi connectivity index (χ1) is 9.53. The van der Waals surface area contributed by atoms with Crippen molar-refractivity contribution in [1.29, 1.82) is 0 Å². The Kier molecular flexibility index (Phi) is 3.48. The lowest BCUT2D eigenvalue weighted by Gasteiger charge is -2.09. The van der Waals surface area contributed by atoms with Gasteiger partial charge >= 0.3 is 0 Å². The minimum absolute atomic E-state index is 0.113. The summed E-state index contributed by atoms with van der Waals surface area (Å²) in [6, 6.07) is 11.3. The zero-order chi connectivity index (χ0) is 14.2. The zero-order valence-corrected chi connectivity index (χ0v) is 12.2. The summed E-state index contributed by atoms with van der Waals surface area (Å²) in [6.45, 7) is 0. The van der Waals surface area contributed by atoms with E-state index in [1.165, 1.54) is 0 Å². The van der Waals surface area contributed by atoms with E-state index in [-0.39, 0.29) is 17.4 Å². The van der Waals surface area contributed by atoms with Gasteiger partial charge in [-0.15, -0.1) is 0 Å². The molecule has 1 saturated heterocycles. The molecular formula is C14H13ClN2O2S. The molecule has 0 spiro atoms. The van der Waals surface area contributed by atoms with Gasteiger partial charge in [0.05, 0.1) is 17.2 Å². The SMILES string of the molecule is O=S1(=O)CCC(c2nc(Cl)cc(-c3ccccc3)n2)C1. The average Bonchev–Trinajstić information content (AvgIpc) is 2.79. The lowest BCUT2D eigenvalue weighted by Crippen LogP contribution is -2.08. The molecule has 1 atom stereocenters. The third-order valence-electron chi connectivity index (χ3n) is 3.38. The lowest BCUT2D eigenvalue weighted by atomic mass is 10.1. The Morgan fingerprint density at radius 1 is 1.15 bits per heavy atom. The van der Waals surface area contributed by atoms with Crippen molar-refractivity contribution in [2.24, 2.45) is 0 Å². The van der Waals surface area contributed by atoms with Crippen molar-refractivity contribution in [3.8, 4) is 11.3 Å². The number of benzene rings is 1. The molecule has 6 heteroatoms. The second-order valence-electron chi connectivity index (χ2n) is 4.90. The summed E-state index contributed by atoms with van der Waals surface area (Å²) in [5, 5.41) is 0.346. The highest BCUT2D eigenvalue weighted by Gasteiger charge is 2.31. The van der Waals surface area contributed by atoms with Crippen LogP contribution >= 0.6 is 11.6 Å². The molecular weight excluding hydrogens is 296 g/mol. The predicted octanol–water partition coefficient (Wildman–Crippen LogP) is 2.70. The van der Waals surface area contributed by atoms with Crippen molar-refractivity contribution in [2.75, 3.05) is 11.5 Å². The summed E-state index contributed by atoms with van der Waals surface area (Å²) in [5.41, 5.74) is 1.67. The van der Waals surface area contributed by atoms with Crippen molar-refractivity contribution in [2.45, 2.75) is 12.3 Å². The lowest BCUT2D eigenvalue weighted by molar-refractivity contribution is 0.601. The van der Waals surface area contributed by atoms with Gasteiger partial charge in [0, 0.05) is 17.5 Å². The molecule has 4 nitrogen and oxygen atoms in total. The highest BCUT2D eigenvalue weighted by Crippen LogP contribution is 2.29. The first-order valence-corrected chi connectivity index (χ1v) is 8.54. The van der Waals surface area contributed by atoms with E-state index in [0.717, 1.165) is 11.3 Å². The summed E-state index contributed by atoms with van der Waals surface area (Å²) < 4.78 is 23.1. The molecule has 0 radical (unpaired) electrons. The molecule has 0 bridgehead atoms. The van der Waals surface area contributed by atoms with E-state index >= 15 is 0 Å². The van der Waals surface area contributed by atoms with E-state index in [2.05, 4.69) is 9.97 Å². The van der Waals surface area contributed by atoms with E-state index in [9.17, 15) is 8.42 Å². The molecule has 0 aliphatic carbocycles. The van der Waals surface area contributed by atoms with E-state index < -0.39 is 9.84 Å². The van der Waals surface area contributed by atoms with Gasteiger partial charge in [-0.25, -0.2) is 18.4 Å². The molecule has 0 saturated carbocycles. The van der Waals surface area contributed by atoms with E-state index in [4.69, 9.17) is 11.6 Å². The van der Waals surface area contributed by atoms with Crippen LogP contribution in [-0.4, -0.2) is 29.9 Å². The molecule has 3 rings (SSSR count). The molecule has 1 aliphatic rings. The molecule has 1 aliphatic heterocycles. The van der Waals surface area contributed by atoms with Gasteiger partial charge in [0.15, 0.2) is 9.84 Å². The van der Waals surface area contributed by atoms with Crippen LogP contribution in [0.4, 0.5) is 0 Å². The molecule has 1 unspecified atom stereocenters. The van der Waals surface area contributed by atoms with E-state index in [1.807, 2.05) is 30.3 Å². The molecule has 0 N–H and O–H groups in total. The third kappa shape index (κ3) is 2.83. The van der Waals surface area contributed by atoms with E-state index in [0.29, 0.717) is 17.4 Å². The summed E-state index contributed by atoms with van der Waals surface area (Å²) in [5.74, 6) is 0.689. The van der Waals surface area contributed by atoms with Crippen molar-refractivity contribution >= 4 is 21.4 Å². The molecule has 104 valence electrons. The van der Waals surface area contributed by atoms with Crippen LogP contribution in [0.25, 0.3) is 11.3 Å². The standard InChI is InChI=1S/C14H13ClN2O2S/c15-13-8-12(10-4-2-1-3-5-10)16-14(17-13)11-6-7-20(18,19)9-11/h1-5,8,11H,6-7,9H2. The first-order valence-electron chi connectivity index (χ1n) is 6.34. The Hall–Kier alpha value is -1.46. The van der Waals surface area contributed by atoms with Crippen LogP contribution in [0.3, 0.4) is 0 Å². The smallest absolute Gasteiger partial charge is 0.151 e. The fourth-order valence-corrected chi connectivity index (χ4v) is 4.30. The molecule has 1 aromatic heterocycles. The highest BCUT2D eigenvalue weighted by molar-refractivity contribution is 7.91. The monoisotopic (exact) mass is 308 g/mol. The zero-order valence-electron chi connectivity index (χ0n) is 10.7. The van der Waals surface area contributed by atoms with Crippen molar-refractivity contribution < 1.29 is 8.42 Å². The first kappa shape index (κ1) is 13.5. The van der Waals surface area contributed by atoms with E-state index in [1.54, 1.807) is 6.07 Å². The summed E-state index contributed by atoms with van der Waals surface area (Å²) in [6.07, 6.45) is 0.566. The van der Waals surface area contributed by atoms with Gasteiger partial charge in [0.2, 0.25) is 0 Å². The number of rotatable bonds is 2. The molecule has 2 heterocycles. The van der Waals surface area contributed by atoms with Crippen molar-refractivity contribution in [3.05, 3.63) is 47.4 Å². The number of nitrogens with zero attached hydrogens (tertiary/aromatic N) is 2. The van der Waals surface area contributed by atoms with Crippen LogP contribution in [0, 0.1) is 0 Å². The number of hydrogen-bond acceptors (Lipinski definition) is 4. The molecule has 1 fully saturated rings. The number of hydrogen-bond donors (Lipinski definition) is 0. The fraction of sp³-hybridized carbons (Fsp3) is 0.286. The number of aromatic nitrogens is 2. The van der Waals surface area contributed by atoms with Crippen LogP contribution in [0.2, 0.25) is 5.15 Å².